The SMILES string of the molecule is CC(O)CC(C)O.CC[PH+](CC)CC[PH+](CC)CC.[Co]. The van der Waals surface area contributed by atoms with Crippen molar-refractivity contribution in [1.29, 1.82) is 0 Å². The van der Waals surface area contributed by atoms with Crippen LogP contribution >= 0.6 is 15.8 Å². The van der Waals surface area contributed by atoms with Gasteiger partial charge in [0.2, 0.25) is 0 Å². The Balaban J connectivity index is -0.000000312. The van der Waals surface area contributed by atoms with Crippen LogP contribution in [0.3, 0.4) is 0 Å². The summed E-state index contributed by atoms with van der Waals surface area (Å²) in [6, 6.07) is 0. The van der Waals surface area contributed by atoms with Gasteiger partial charge >= 0.3 is 0 Å². The molecule has 0 aromatic rings. The summed E-state index contributed by atoms with van der Waals surface area (Å²) in [4.78, 5) is 0. The molecule has 0 aromatic heterocycles. The molecule has 1 radical (unpaired) electrons. The minimum absolute atomic E-state index is 0. The molecule has 5 heteroatoms. The van der Waals surface area contributed by atoms with Crippen molar-refractivity contribution in [3.63, 3.8) is 0 Å². The minimum Gasteiger partial charge on any atom is -0.393 e. The monoisotopic (exact) mass is 371 g/mol. The smallest absolute Gasteiger partial charge is 0.0904 e. The van der Waals surface area contributed by atoms with Crippen LogP contribution in [-0.2, 0) is 16.8 Å². The number of rotatable bonds is 9. The fraction of sp³-hybridized carbons (Fsp3) is 1.00. The standard InChI is InChI=1S/C10H24P2.C5H12O2.Co/c1-5-11(6-2)9-10-12(7-3)8-4;1-4(6)3-5(2)7;/h5-10H2,1-4H3;4-7H,3H2,1-2H3;/p+2. The maximum Gasteiger partial charge on any atom is 0.0904 e. The quantitative estimate of drug-likeness (QED) is 0.608. The largest absolute Gasteiger partial charge is 0.393 e. The first-order valence-electron chi connectivity index (χ1n) is 7.94. The van der Waals surface area contributed by atoms with Gasteiger partial charge in [0.1, 0.15) is 0 Å². The Hall–Kier alpha value is 1.29. The van der Waals surface area contributed by atoms with Crippen LogP contribution in [0.15, 0.2) is 0 Å². The predicted octanol–water partition coefficient (Wildman–Crippen LogP) is 3.63. The second-order valence-corrected chi connectivity index (χ2v) is 12.2. The Morgan fingerprint density at radius 2 is 0.950 bits per heavy atom. The van der Waals surface area contributed by atoms with Crippen molar-refractivity contribution in [2.75, 3.05) is 37.0 Å². The Morgan fingerprint density at radius 3 is 1.05 bits per heavy atom. The van der Waals surface area contributed by atoms with Crippen molar-refractivity contribution >= 4 is 15.8 Å². The summed E-state index contributed by atoms with van der Waals surface area (Å²) in [6.45, 7) is 12.8. The number of aliphatic hydroxyl groups is 2. The van der Waals surface area contributed by atoms with Gasteiger partial charge in [0.15, 0.2) is 0 Å². The van der Waals surface area contributed by atoms with Gasteiger partial charge in [-0.1, -0.05) is 0 Å². The number of hydrogen-bond acceptors (Lipinski definition) is 2. The Bertz CT molecular complexity index is 155. The molecule has 0 amide bonds. The van der Waals surface area contributed by atoms with Gasteiger partial charge in [0.05, 0.1) is 49.2 Å². The predicted molar refractivity (Wildman–Crippen MR) is 96.5 cm³/mol. The zero-order chi connectivity index (χ0) is 15.3. The molecule has 0 rings (SSSR count). The molecule has 0 aliphatic carbocycles. The molecule has 0 bridgehead atoms. The summed E-state index contributed by atoms with van der Waals surface area (Å²) in [5, 5.41) is 17.1. The molecular formula is C15H38CoO2P2+2. The molecule has 2 atom stereocenters. The van der Waals surface area contributed by atoms with Gasteiger partial charge in [-0.05, 0) is 48.0 Å². The van der Waals surface area contributed by atoms with E-state index in [1.54, 1.807) is 26.2 Å². The molecule has 0 fully saturated rings. The van der Waals surface area contributed by atoms with Gasteiger partial charge in [-0.2, -0.15) is 0 Å². The van der Waals surface area contributed by atoms with E-state index >= 15 is 0 Å². The normalized spacial score (nSPS) is 13.5. The van der Waals surface area contributed by atoms with Crippen LogP contribution in [0, 0.1) is 0 Å². The van der Waals surface area contributed by atoms with E-state index in [4.69, 9.17) is 10.2 Å². The zero-order valence-electron chi connectivity index (χ0n) is 14.3. The third-order valence-electron chi connectivity index (χ3n) is 3.51. The van der Waals surface area contributed by atoms with E-state index < -0.39 is 0 Å². The van der Waals surface area contributed by atoms with Gasteiger partial charge in [-0.3, -0.25) is 0 Å². The van der Waals surface area contributed by atoms with E-state index in [-0.39, 0.29) is 44.8 Å². The van der Waals surface area contributed by atoms with Crippen LogP contribution in [0.4, 0.5) is 0 Å². The van der Waals surface area contributed by atoms with E-state index in [2.05, 4.69) is 27.7 Å². The third-order valence-corrected chi connectivity index (χ3v) is 9.93. The van der Waals surface area contributed by atoms with E-state index in [0.29, 0.717) is 6.42 Å². The van der Waals surface area contributed by atoms with Crippen molar-refractivity contribution in [1.82, 2.24) is 0 Å². The van der Waals surface area contributed by atoms with Crippen LogP contribution in [0.2, 0.25) is 0 Å². The fourth-order valence-electron chi connectivity index (χ4n) is 2.05. The topological polar surface area (TPSA) is 40.5 Å². The molecular weight excluding hydrogens is 333 g/mol. The van der Waals surface area contributed by atoms with Crippen molar-refractivity contribution < 1.29 is 27.0 Å². The summed E-state index contributed by atoms with van der Waals surface area (Å²) in [5.41, 5.74) is 0. The first kappa shape index (κ1) is 26.2. The van der Waals surface area contributed by atoms with Gasteiger partial charge in [0, 0.05) is 32.6 Å². The summed E-state index contributed by atoms with van der Waals surface area (Å²) in [5.74, 6) is 0. The average Bonchev–Trinajstić information content (AvgIpc) is 2.34. The fourth-order valence-corrected chi connectivity index (χ4v) is 7.30. The molecule has 2 unspecified atom stereocenters. The molecule has 0 aliphatic rings. The van der Waals surface area contributed by atoms with Gasteiger partial charge in [-0.15, -0.1) is 0 Å². The second-order valence-electron chi connectivity index (χ2n) is 5.35. The average molecular weight is 371 g/mol. The molecule has 0 aliphatic heterocycles. The van der Waals surface area contributed by atoms with Crippen LogP contribution in [0.1, 0.15) is 48.0 Å². The first-order valence-corrected chi connectivity index (χ1v) is 12.2. The van der Waals surface area contributed by atoms with Crippen LogP contribution in [0.25, 0.3) is 0 Å². The second kappa shape index (κ2) is 18.3. The van der Waals surface area contributed by atoms with Crippen molar-refractivity contribution in [3.8, 4) is 0 Å². The van der Waals surface area contributed by atoms with Crippen molar-refractivity contribution in [3.05, 3.63) is 0 Å². The Labute approximate surface area is 140 Å². The third kappa shape index (κ3) is 19.3. The molecule has 2 nitrogen and oxygen atoms in total. The summed E-state index contributed by atoms with van der Waals surface area (Å²) >= 11 is 0. The molecule has 2 N–H and O–H groups in total. The van der Waals surface area contributed by atoms with Gasteiger partial charge in [-0.25, -0.2) is 0 Å². The van der Waals surface area contributed by atoms with Gasteiger partial charge in [0.25, 0.3) is 0 Å². The van der Waals surface area contributed by atoms with E-state index in [0.717, 1.165) is 0 Å². The maximum atomic E-state index is 8.56. The van der Waals surface area contributed by atoms with Gasteiger partial charge < -0.3 is 10.2 Å². The summed E-state index contributed by atoms with van der Waals surface area (Å²) in [7, 11) is 0.175. The van der Waals surface area contributed by atoms with Crippen molar-refractivity contribution in [2.24, 2.45) is 0 Å². The number of hydrogen-bond donors (Lipinski definition) is 2. The maximum absolute atomic E-state index is 8.56. The molecule has 0 heterocycles. The van der Waals surface area contributed by atoms with Crippen LogP contribution in [-0.4, -0.2) is 59.4 Å². The van der Waals surface area contributed by atoms with E-state index in [1.165, 1.54) is 24.6 Å². The summed E-state index contributed by atoms with van der Waals surface area (Å²) in [6.07, 6.45) is 8.89. The molecule has 0 aromatic carbocycles. The first-order chi connectivity index (χ1) is 8.90. The molecule has 0 spiro atoms. The molecule has 20 heavy (non-hydrogen) atoms. The Kier molecular flexibility index (Phi) is 24.0. The minimum atomic E-state index is -0.375. The van der Waals surface area contributed by atoms with E-state index in [9.17, 15) is 0 Å². The van der Waals surface area contributed by atoms with Crippen molar-refractivity contribution in [2.45, 2.75) is 60.2 Å². The van der Waals surface area contributed by atoms with Crippen LogP contribution < -0.4 is 0 Å². The van der Waals surface area contributed by atoms with E-state index in [1.807, 2.05) is 0 Å². The van der Waals surface area contributed by atoms with Crippen LogP contribution in [0.5, 0.6) is 0 Å². The Morgan fingerprint density at radius 1 is 0.700 bits per heavy atom. The number of aliphatic hydroxyl groups excluding tert-OH is 2. The molecule has 127 valence electrons. The summed E-state index contributed by atoms with van der Waals surface area (Å²) < 4.78 is 0. The molecule has 0 saturated heterocycles. The zero-order valence-corrected chi connectivity index (χ0v) is 17.4. The molecule has 0 saturated carbocycles.